The van der Waals surface area contributed by atoms with Gasteiger partial charge < -0.3 is 5.11 Å². The number of pyridine rings is 1. The van der Waals surface area contributed by atoms with Gasteiger partial charge >= 0.3 is 0 Å². The summed E-state index contributed by atoms with van der Waals surface area (Å²) in [6, 6.07) is 0.570. The number of hydrogen-bond donors (Lipinski definition) is 1. The standard InChI is InChI=1S/C6H5F2NO/c7-4-1-5(8)6(3-10)9-2-4/h1-2,10H,3H2/i3D/t3-/m1/s1. The van der Waals surface area contributed by atoms with Gasteiger partial charge in [0.2, 0.25) is 0 Å². The van der Waals surface area contributed by atoms with Gasteiger partial charge in [-0.05, 0) is 0 Å². The van der Waals surface area contributed by atoms with Crippen molar-refractivity contribution in [3.05, 3.63) is 29.6 Å². The first-order valence-electron chi connectivity index (χ1n) is 3.10. The molecule has 1 N–H and O–H groups in total. The Balaban J connectivity index is 3.09. The summed E-state index contributed by atoms with van der Waals surface area (Å²) in [6.07, 6.45) is 0.746. The summed E-state index contributed by atoms with van der Waals surface area (Å²) in [5.74, 6) is -1.83. The highest BCUT2D eigenvalue weighted by molar-refractivity contribution is 5.07. The van der Waals surface area contributed by atoms with Crippen molar-refractivity contribution in [3.63, 3.8) is 0 Å². The zero-order valence-corrected chi connectivity index (χ0v) is 4.88. The van der Waals surface area contributed by atoms with E-state index >= 15 is 0 Å². The summed E-state index contributed by atoms with van der Waals surface area (Å²) in [5.41, 5.74) is -0.466. The van der Waals surface area contributed by atoms with Gasteiger partial charge in [0, 0.05) is 6.07 Å². The number of aliphatic hydroxyl groups excluding tert-OH is 1. The zero-order chi connectivity index (χ0) is 8.43. The van der Waals surface area contributed by atoms with Gasteiger partial charge in [-0.2, -0.15) is 0 Å². The third-order valence-electron chi connectivity index (χ3n) is 0.959. The topological polar surface area (TPSA) is 33.1 Å². The maximum atomic E-state index is 12.5. The first-order chi connectivity index (χ1) is 5.11. The van der Waals surface area contributed by atoms with Gasteiger partial charge in [-0.25, -0.2) is 8.78 Å². The van der Waals surface area contributed by atoms with Crippen LogP contribution >= 0.6 is 0 Å². The fourth-order valence-electron chi connectivity index (χ4n) is 0.520. The molecule has 1 atom stereocenters. The van der Waals surface area contributed by atoms with Crippen LogP contribution < -0.4 is 0 Å². The van der Waals surface area contributed by atoms with Crippen molar-refractivity contribution < 1.29 is 15.3 Å². The first-order valence-corrected chi connectivity index (χ1v) is 2.52. The van der Waals surface area contributed by atoms with Gasteiger partial charge in [-0.3, -0.25) is 4.98 Å². The maximum Gasteiger partial charge on any atom is 0.150 e. The van der Waals surface area contributed by atoms with E-state index in [1.54, 1.807) is 0 Å². The van der Waals surface area contributed by atoms with Crippen LogP contribution in [0.25, 0.3) is 0 Å². The molecular formula is C6H5F2NO. The highest BCUT2D eigenvalue weighted by Gasteiger charge is 2.02. The molecule has 0 fully saturated rings. The summed E-state index contributed by atoms with van der Waals surface area (Å²) in [7, 11) is 0. The normalized spacial score (nSPS) is 14.5. The molecule has 2 nitrogen and oxygen atoms in total. The van der Waals surface area contributed by atoms with Crippen LogP contribution in [0.3, 0.4) is 0 Å². The minimum absolute atomic E-state index is 0.466. The SMILES string of the molecule is [2H][C@@H](O)c1ncc(F)cc1F. The lowest BCUT2D eigenvalue weighted by molar-refractivity contribution is 0.269. The second kappa shape index (κ2) is 2.70. The molecule has 0 radical (unpaired) electrons. The summed E-state index contributed by atoms with van der Waals surface area (Å²) in [4.78, 5) is 3.19. The van der Waals surface area contributed by atoms with Gasteiger partial charge in [0.15, 0.2) is 0 Å². The van der Waals surface area contributed by atoms with Crippen molar-refractivity contribution in [1.82, 2.24) is 4.98 Å². The molecule has 0 unspecified atom stereocenters. The van der Waals surface area contributed by atoms with E-state index < -0.39 is 23.9 Å². The Labute approximate surface area is 57.5 Å². The molecule has 1 heterocycles. The lowest BCUT2D eigenvalue weighted by atomic mass is 10.3. The molecule has 10 heavy (non-hydrogen) atoms. The minimum atomic E-state index is -1.75. The van der Waals surface area contributed by atoms with Gasteiger partial charge in [0.05, 0.1) is 14.2 Å². The maximum absolute atomic E-state index is 12.5. The van der Waals surface area contributed by atoms with Crippen molar-refractivity contribution in [3.8, 4) is 0 Å². The number of rotatable bonds is 1. The van der Waals surface area contributed by atoms with Gasteiger partial charge in [-0.15, -0.1) is 0 Å². The van der Waals surface area contributed by atoms with E-state index in [1.807, 2.05) is 0 Å². The van der Waals surface area contributed by atoms with Gasteiger partial charge in [0.25, 0.3) is 0 Å². The molecule has 1 rings (SSSR count). The molecule has 0 aliphatic heterocycles. The largest absolute Gasteiger partial charge is 0.390 e. The quantitative estimate of drug-likeness (QED) is 0.637. The van der Waals surface area contributed by atoms with Crippen LogP contribution in [0.4, 0.5) is 8.78 Å². The number of nitrogens with zero attached hydrogens (tertiary/aromatic N) is 1. The van der Waals surface area contributed by atoms with Gasteiger partial charge in [-0.1, -0.05) is 0 Å². The van der Waals surface area contributed by atoms with E-state index in [0.29, 0.717) is 6.07 Å². The van der Waals surface area contributed by atoms with Crippen molar-refractivity contribution in [2.75, 3.05) is 0 Å². The van der Waals surface area contributed by atoms with Crippen LogP contribution in [0.15, 0.2) is 12.3 Å². The lowest BCUT2D eigenvalue weighted by Gasteiger charge is -1.95. The molecule has 0 saturated heterocycles. The second-order valence-electron chi connectivity index (χ2n) is 1.65. The molecule has 0 amide bonds. The minimum Gasteiger partial charge on any atom is -0.390 e. The van der Waals surface area contributed by atoms with Crippen LogP contribution in [0.1, 0.15) is 7.06 Å². The summed E-state index contributed by atoms with van der Waals surface area (Å²) in [6.45, 7) is -1.75. The van der Waals surface area contributed by atoms with Crippen LogP contribution in [0.5, 0.6) is 0 Å². The van der Waals surface area contributed by atoms with E-state index in [0.717, 1.165) is 6.20 Å². The Morgan fingerprint density at radius 3 is 2.90 bits per heavy atom. The predicted molar refractivity (Wildman–Crippen MR) is 30.1 cm³/mol. The average Bonchev–Trinajstić information content (AvgIpc) is 1.85. The van der Waals surface area contributed by atoms with Crippen LogP contribution in [-0.4, -0.2) is 10.1 Å². The Hall–Kier alpha value is -1.03. The Bertz CT molecular complexity index is 267. The Morgan fingerprint density at radius 2 is 2.40 bits per heavy atom. The molecule has 0 aliphatic rings. The van der Waals surface area contributed by atoms with E-state index in [9.17, 15) is 8.78 Å². The molecule has 0 aromatic carbocycles. The Kier molecular flexibility index (Phi) is 1.55. The first kappa shape index (κ1) is 5.73. The fraction of sp³-hybridized carbons (Fsp3) is 0.167. The average molecular weight is 146 g/mol. The van der Waals surface area contributed by atoms with Crippen molar-refractivity contribution >= 4 is 0 Å². The summed E-state index contributed by atoms with van der Waals surface area (Å²) in [5, 5.41) is 8.54. The van der Waals surface area contributed by atoms with Gasteiger partial charge in [0.1, 0.15) is 17.3 Å². The highest BCUT2D eigenvalue weighted by atomic mass is 19.1. The molecule has 4 heteroatoms. The van der Waals surface area contributed by atoms with Crippen molar-refractivity contribution in [2.24, 2.45) is 0 Å². The Morgan fingerprint density at radius 1 is 1.70 bits per heavy atom. The third-order valence-corrected chi connectivity index (χ3v) is 0.959. The molecular weight excluding hydrogens is 140 g/mol. The molecule has 1 aromatic rings. The fourth-order valence-corrected chi connectivity index (χ4v) is 0.520. The van der Waals surface area contributed by atoms with E-state index in [1.165, 1.54) is 0 Å². The summed E-state index contributed by atoms with van der Waals surface area (Å²) >= 11 is 0. The zero-order valence-electron chi connectivity index (χ0n) is 5.88. The van der Waals surface area contributed by atoms with E-state index in [4.69, 9.17) is 6.48 Å². The molecule has 0 spiro atoms. The molecule has 1 aromatic heterocycles. The molecule has 0 bridgehead atoms. The lowest BCUT2D eigenvalue weighted by Crippen LogP contribution is -1.94. The predicted octanol–water partition coefficient (Wildman–Crippen LogP) is 0.852. The van der Waals surface area contributed by atoms with Crippen LogP contribution in [-0.2, 0) is 6.58 Å². The number of halogens is 2. The van der Waals surface area contributed by atoms with E-state index in [-0.39, 0.29) is 0 Å². The smallest absolute Gasteiger partial charge is 0.150 e. The number of hydrogen-bond acceptors (Lipinski definition) is 2. The number of aliphatic hydroxyl groups is 1. The second-order valence-corrected chi connectivity index (χ2v) is 1.65. The van der Waals surface area contributed by atoms with E-state index in [2.05, 4.69) is 4.98 Å². The van der Waals surface area contributed by atoms with Crippen LogP contribution in [0, 0.1) is 11.6 Å². The van der Waals surface area contributed by atoms with Crippen molar-refractivity contribution in [2.45, 2.75) is 6.58 Å². The van der Waals surface area contributed by atoms with Crippen molar-refractivity contribution in [1.29, 1.82) is 0 Å². The monoisotopic (exact) mass is 146 g/mol. The molecule has 54 valence electrons. The van der Waals surface area contributed by atoms with Crippen LogP contribution in [0.2, 0.25) is 0 Å². The summed E-state index contributed by atoms with van der Waals surface area (Å²) < 4.78 is 31.3. The molecule has 0 aliphatic carbocycles. The number of aromatic nitrogens is 1. The third kappa shape index (κ3) is 1.27. The molecule has 0 saturated carbocycles. The highest BCUT2D eigenvalue weighted by Crippen LogP contribution is 2.04.